The van der Waals surface area contributed by atoms with E-state index in [0.29, 0.717) is 5.75 Å². The van der Waals surface area contributed by atoms with Crippen molar-refractivity contribution in [3.63, 3.8) is 0 Å². The van der Waals surface area contributed by atoms with Crippen LogP contribution in [-0.4, -0.2) is 18.2 Å². The van der Waals surface area contributed by atoms with E-state index < -0.39 is 5.97 Å². The third-order valence-electron chi connectivity index (χ3n) is 2.64. The summed E-state index contributed by atoms with van der Waals surface area (Å²) in [6.07, 6.45) is 3.13. The topological polar surface area (TPSA) is 46.5 Å². The third kappa shape index (κ3) is 1.35. The molecule has 3 nitrogen and oxygen atoms in total. The molecule has 0 saturated heterocycles. The zero-order chi connectivity index (χ0) is 10.1. The molecule has 0 unspecified atom stereocenters. The number of rotatable bonds is 2. The second kappa shape index (κ2) is 3.33. The predicted octanol–water partition coefficient (Wildman–Crippen LogP) is 1.88. The maximum atomic E-state index is 10.9. The average Bonchev–Trinajstić information content (AvgIpc) is 2.62. The lowest BCUT2D eigenvalue weighted by molar-refractivity contribution is 0.0693. The maximum Gasteiger partial charge on any atom is 0.339 e. The van der Waals surface area contributed by atoms with Crippen LogP contribution < -0.4 is 4.74 Å². The number of hydrogen-bond acceptors (Lipinski definition) is 2. The van der Waals surface area contributed by atoms with E-state index in [2.05, 4.69) is 0 Å². The van der Waals surface area contributed by atoms with Gasteiger partial charge in [-0.15, -0.1) is 0 Å². The largest absolute Gasteiger partial charge is 0.496 e. The smallest absolute Gasteiger partial charge is 0.339 e. The van der Waals surface area contributed by atoms with Gasteiger partial charge in [-0.05, 0) is 42.5 Å². The summed E-state index contributed by atoms with van der Waals surface area (Å²) in [7, 11) is 1.50. The van der Waals surface area contributed by atoms with Crippen LogP contribution >= 0.6 is 0 Å². The fourth-order valence-corrected chi connectivity index (χ4v) is 1.94. The number of carboxylic acids is 1. The van der Waals surface area contributed by atoms with E-state index in [4.69, 9.17) is 9.84 Å². The average molecular weight is 192 g/mol. The molecule has 0 aromatic heterocycles. The highest BCUT2D eigenvalue weighted by atomic mass is 16.5. The normalized spacial score (nSPS) is 13.8. The molecular formula is C11H12O3. The number of fused-ring (bicyclic) bond motifs is 1. The van der Waals surface area contributed by atoms with Gasteiger partial charge in [0.05, 0.1) is 7.11 Å². The molecule has 1 N–H and O–H groups in total. The quantitative estimate of drug-likeness (QED) is 0.778. The molecule has 74 valence electrons. The van der Waals surface area contributed by atoms with E-state index in [1.54, 1.807) is 6.07 Å². The minimum atomic E-state index is -0.920. The van der Waals surface area contributed by atoms with E-state index in [1.165, 1.54) is 12.7 Å². The Balaban J connectivity index is 2.54. The third-order valence-corrected chi connectivity index (χ3v) is 2.64. The first-order chi connectivity index (χ1) is 6.72. The highest BCUT2D eigenvalue weighted by Gasteiger charge is 2.18. The van der Waals surface area contributed by atoms with Crippen LogP contribution in [0.4, 0.5) is 0 Å². The van der Waals surface area contributed by atoms with Crippen molar-refractivity contribution in [1.29, 1.82) is 0 Å². The molecule has 1 aliphatic rings. The molecule has 0 amide bonds. The maximum absolute atomic E-state index is 10.9. The van der Waals surface area contributed by atoms with Crippen molar-refractivity contribution < 1.29 is 14.6 Å². The van der Waals surface area contributed by atoms with Gasteiger partial charge in [0.1, 0.15) is 11.3 Å². The van der Waals surface area contributed by atoms with Crippen molar-refractivity contribution in [1.82, 2.24) is 0 Å². The summed E-state index contributed by atoms with van der Waals surface area (Å²) >= 11 is 0. The summed E-state index contributed by atoms with van der Waals surface area (Å²) in [6.45, 7) is 0. The number of ether oxygens (including phenoxy) is 1. The first-order valence-electron chi connectivity index (χ1n) is 4.65. The molecule has 2 rings (SSSR count). The van der Waals surface area contributed by atoms with Crippen LogP contribution in [0.15, 0.2) is 12.1 Å². The Morgan fingerprint density at radius 1 is 1.36 bits per heavy atom. The van der Waals surface area contributed by atoms with Gasteiger partial charge in [-0.1, -0.05) is 0 Å². The molecule has 0 fully saturated rings. The summed E-state index contributed by atoms with van der Waals surface area (Å²) in [5.74, 6) is -0.449. The summed E-state index contributed by atoms with van der Waals surface area (Å²) in [5, 5.41) is 8.95. The SMILES string of the molecule is COc1cc2c(cc1C(=O)O)CCC2. The van der Waals surface area contributed by atoms with Gasteiger partial charge in [-0.25, -0.2) is 4.79 Å². The molecular weight excluding hydrogens is 180 g/mol. The highest BCUT2D eigenvalue weighted by molar-refractivity contribution is 5.91. The van der Waals surface area contributed by atoms with Gasteiger partial charge in [-0.3, -0.25) is 0 Å². The number of benzene rings is 1. The van der Waals surface area contributed by atoms with Gasteiger partial charge >= 0.3 is 5.97 Å². The van der Waals surface area contributed by atoms with Crippen molar-refractivity contribution >= 4 is 5.97 Å². The van der Waals surface area contributed by atoms with Gasteiger partial charge in [0.25, 0.3) is 0 Å². The number of carbonyl (C=O) groups is 1. The Morgan fingerprint density at radius 3 is 2.57 bits per heavy atom. The van der Waals surface area contributed by atoms with Crippen LogP contribution in [0.5, 0.6) is 5.75 Å². The minimum Gasteiger partial charge on any atom is -0.496 e. The lowest BCUT2D eigenvalue weighted by atomic mass is 10.1. The van der Waals surface area contributed by atoms with Crippen molar-refractivity contribution in [3.05, 3.63) is 28.8 Å². The number of hydrogen-bond donors (Lipinski definition) is 1. The predicted molar refractivity (Wildman–Crippen MR) is 52.0 cm³/mol. The molecule has 0 heterocycles. The second-order valence-corrected chi connectivity index (χ2v) is 3.48. The van der Waals surface area contributed by atoms with Crippen molar-refractivity contribution in [3.8, 4) is 5.75 Å². The Morgan fingerprint density at radius 2 is 2.00 bits per heavy atom. The van der Waals surface area contributed by atoms with Crippen LogP contribution in [0, 0.1) is 0 Å². The molecule has 1 aromatic rings. The molecule has 3 heteroatoms. The lowest BCUT2D eigenvalue weighted by Gasteiger charge is -2.07. The fourth-order valence-electron chi connectivity index (χ4n) is 1.94. The second-order valence-electron chi connectivity index (χ2n) is 3.48. The molecule has 1 aliphatic carbocycles. The van der Waals surface area contributed by atoms with Crippen molar-refractivity contribution in [2.75, 3.05) is 7.11 Å². The number of aromatic carboxylic acids is 1. The van der Waals surface area contributed by atoms with E-state index in [9.17, 15) is 4.79 Å². The minimum absolute atomic E-state index is 0.271. The lowest BCUT2D eigenvalue weighted by Crippen LogP contribution is -2.02. The van der Waals surface area contributed by atoms with Gasteiger partial charge in [0.2, 0.25) is 0 Å². The van der Waals surface area contributed by atoms with Crippen LogP contribution in [0.1, 0.15) is 27.9 Å². The Hall–Kier alpha value is -1.51. The number of methoxy groups -OCH3 is 1. The molecule has 0 saturated carbocycles. The van der Waals surface area contributed by atoms with E-state index in [1.807, 2.05) is 6.07 Å². The molecule has 1 aromatic carbocycles. The van der Waals surface area contributed by atoms with Gasteiger partial charge in [-0.2, -0.15) is 0 Å². The van der Waals surface area contributed by atoms with Crippen LogP contribution in [0.25, 0.3) is 0 Å². The van der Waals surface area contributed by atoms with Gasteiger partial charge in [0, 0.05) is 0 Å². The summed E-state index contributed by atoms with van der Waals surface area (Å²) in [6, 6.07) is 3.59. The van der Waals surface area contributed by atoms with Gasteiger partial charge in [0.15, 0.2) is 0 Å². The zero-order valence-corrected chi connectivity index (χ0v) is 8.04. The van der Waals surface area contributed by atoms with E-state index in [0.717, 1.165) is 24.8 Å². The molecule has 0 radical (unpaired) electrons. The first kappa shape index (κ1) is 9.06. The molecule has 0 aliphatic heterocycles. The summed E-state index contributed by atoms with van der Waals surface area (Å²) < 4.78 is 5.05. The van der Waals surface area contributed by atoms with E-state index >= 15 is 0 Å². The molecule has 14 heavy (non-hydrogen) atoms. The first-order valence-corrected chi connectivity index (χ1v) is 4.65. The monoisotopic (exact) mass is 192 g/mol. The molecule has 0 atom stereocenters. The van der Waals surface area contributed by atoms with Crippen molar-refractivity contribution in [2.45, 2.75) is 19.3 Å². The highest BCUT2D eigenvalue weighted by Crippen LogP contribution is 2.29. The standard InChI is InChI=1S/C11H12O3/c1-14-10-6-8-4-2-3-7(8)5-9(10)11(12)13/h5-6H,2-4H2,1H3,(H,12,13). The molecule has 0 spiro atoms. The Kier molecular flexibility index (Phi) is 2.15. The Bertz CT molecular complexity index is 382. The fraction of sp³-hybridized carbons (Fsp3) is 0.364. The van der Waals surface area contributed by atoms with Crippen LogP contribution in [0.3, 0.4) is 0 Å². The van der Waals surface area contributed by atoms with Crippen molar-refractivity contribution in [2.24, 2.45) is 0 Å². The van der Waals surface area contributed by atoms with Gasteiger partial charge < -0.3 is 9.84 Å². The summed E-state index contributed by atoms with van der Waals surface area (Å²) in [4.78, 5) is 10.9. The van der Waals surface area contributed by atoms with E-state index in [-0.39, 0.29) is 5.56 Å². The number of aryl methyl sites for hydroxylation is 2. The zero-order valence-electron chi connectivity index (χ0n) is 8.04. The van der Waals surface area contributed by atoms with Crippen LogP contribution in [-0.2, 0) is 12.8 Å². The van der Waals surface area contributed by atoms with Crippen LogP contribution in [0.2, 0.25) is 0 Å². The number of carboxylic acid groups (broad SMARTS) is 1. The summed E-state index contributed by atoms with van der Waals surface area (Å²) in [5.41, 5.74) is 2.66. The Labute approximate surface area is 82.3 Å². The molecule has 0 bridgehead atoms.